The van der Waals surface area contributed by atoms with Crippen LogP contribution in [0.5, 0.6) is 5.88 Å². The largest absolute Gasteiger partial charge is 0.422 e. The maximum Gasteiger partial charge on any atom is 0.258 e. The lowest BCUT2D eigenvalue weighted by Gasteiger charge is -2.24. The Bertz CT molecular complexity index is 833. The molecule has 21 heavy (non-hydrogen) atoms. The molecule has 3 rings (SSSR count). The second-order valence-corrected chi connectivity index (χ2v) is 5.34. The lowest BCUT2D eigenvalue weighted by Crippen LogP contribution is -2.28. The Labute approximate surface area is 128 Å². The summed E-state index contributed by atoms with van der Waals surface area (Å²) >= 11 is 3.35. The molecule has 3 N–H and O–H groups in total. The highest BCUT2D eigenvalue weighted by atomic mass is 79.9. The van der Waals surface area contributed by atoms with Crippen molar-refractivity contribution in [3.63, 3.8) is 0 Å². The summed E-state index contributed by atoms with van der Waals surface area (Å²) in [5.41, 5.74) is 6.68. The molecule has 1 aliphatic rings. The Balaban J connectivity index is 2.28. The molecule has 0 radical (unpaired) electrons. The van der Waals surface area contributed by atoms with Crippen LogP contribution in [-0.2, 0) is 0 Å². The van der Waals surface area contributed by atoms with Crippen LogP contribution in [0.15, 0.2) is 51.3 Å². The first-order valence-corrected chi connectivity index (χ1v) is 6.81. The third-order valence-corrected chi connectivity index (χ3v) is 3.75. The predicted octanol–water partition coefficient (Wildman–Crippen LogP) is 1.75. The van der Waals surface area contributed by atoms with Crippen molar-refractivity contribution in [1.29, 1.82) is 5.26 Å². The maximum atomic E-state index is 12.1. The first kappa shape index (κ1) is 13.4. The summed E-state index contributed by atoms with van der Waals surface area (Å²) in [5, 5.41) is 9.35. The number of hydrogen-bond donors (Lipinski definition) is 2. The fraction of sp³-hybridized carbons (Fsp3) is 0.0714. The number of allylic oxidation sites excluding steroid dienone is 1. The molecule has 2 heterocycles. The number of H-pyrrole nitrogens is 1. The summed E-state index contributed by atoms with van der Waals surface area (Å²) in [6.07, 6.45) is 1.24. The molecule has 1 aliphatic heterocycles. The third kappa shape index (κ3) is 2.19. The second-order valence-electron chi connectivity index (χ2n) is 4.43. The highest BCUT2D eigenvalue weighted by molar-refractivity contribution is 9.10. The van der Waals surface area contributed by atoms with Crippen LogP contribution in [0.25, 0.3) is 0 Å². The molecular weight excluding hydrogens is 336 g/mol. The molecule has 1 atom stereocenters. The maximum absolute atomic E-state index is 12.1. The summed E-state index contributed by atoms with van der Waals surface area (Å²) in [6.45, 7) is 0. The van der Waals surface area contributed by atoms with Gasteiger partial charge in [-0.15, -0.1) is 0 Å². The van der Waals surface area contributed by atoms with Gasteiger partial charge < -0.3 is 15.5 Å². The zero-order chi connectivity index (χ0) is 15.0. The number of nitrogens with zero attached hydrogens (tertiary/aromatic N) is 2. The minimum Gasteiger partial charge on any atom is -0.422 e. The molecule has 104 valence electrons. The number of nitriles is 1. The Hall–Kier alpha value is -2.59. The molecular formula is C14H9BrN4O2. The first-order chi connectivity index (χ1) is 10.1. The van der Waals surface area contributed by atoms with Crippen molar-refractivity contribution in [3.8, 4) is 11.9 Å². The van der Waals surface area contributed by atoms with Gasteiger partial charge in [-0.1, -0.05) is 28.1 Å². The standard InChI is InChI=1S/C14H9BrN4O2/c15-8-3-1-7(2-4-8)10-9(5-16)12(17)21-14-11(10)13(20)18-6-19-14/h1-4,6,10H,17H2,(H,18,19,20)/t10-/m1/s1. The lowest BCUT2D eigenvalue weighted by atomic mass is 9.85. The summed E-state index contributed by atoms with van der Waals surface area (Å²) in [4.78, 5) is 18.6. The van der Waals surface area contributed by atoms with Crippen LogP contribution in [0.1, 0.15) is 17.0 Å². The van der Waals surface area contributed by atoms with E-state index in [9.17, 15) is 10.1 Å². The molecule has 0 fully saturated rings. The van der Waals surface area contributed by atoms with Crippen molar-refractivity contribution in [2.24, 2.45) is 5.73 Å². The highest BCUT2D eigenvalue weighted by Crippen LogP contribution is 2.38. The Kier molecular flexibility index (Phi) is 3.23. The monoisotopic (exact) mass is 344 g/mol. The van der Waals surface area contributed by atoms with Gasteiger partial charge in [-0.25, -0.2) is 4.98 Å². The topological polar surface area (TPSA) is 105 Å². The van der Waals surface area contributed by atoms with Gasteiger partial charge >= 0.3 is 0 Å². The highest BCUT2D eigenvalue weighted by Gasteiger charge is 2.33. The number of fused-ring (bicyclic) bond motifs is 1. The van der Waals surface area contributed by atoms with Gasteiger partial charge in [0.25, 0.3) is 5.56 Å². The third-order valence-electron chi connectivity index (χ3n) is 3.23. The van der Waals surface area contributed by atoms with Gasteiger partial charge in [0.05, 0.1) is 17.8 Å². The van der Waals surface area contributed by atoms with Crippen LogP contribution >= 0.6 is 15.9 Å². The molecule has 1 aromatic heterocycles. The molecule has 0 bridgehead atoms. The fourth-order valence-electron chi connectivity index (χ4n) is 2.28. The Morgan fingerprint density at radius 2 is 2.10 bits per heavy atom. The average Bonchev–Trinajstić information content (AvgIpc) is 2.47. The van der Waals surface area contributed by atoms with Crippen LogP contribution in [0.4, 0.5) is 0 Å². The van der Waals surface area contributed by atoms with E-state index in [0.29, 0.717) is 0 Å². The molecule has 0 saturated heterocycles. The molecule has 0 spiro atoms. The number of ether oxygens (including phenoxy) is 1. The number of benzene rings is 1. The van der Waals surface area contributed by atoms with Crippen LogP contribution in [0, 0.1) is 11.3 Å². The van der Waals surface area contributed by atoms with Crippen molar-refractivity contribution in [3.05, 3.63) is 68.0 Å². The van der Waals surface area contributed by atoms with Crippen LogP contribution in [0.3, 0.4) is 0 Å². The molecule has 6 nitrogen and oxygen atoms in total. The van der Waals surface area contributed by atoms with Gasteiger partial charge in [0.15, 0.2) is 0 Å². The SMILES string of the molecule is N#CC1=C(N)Oc2nc[nH]c(=O)c2[C@@H]1c1ccc(Br)cc1. The van der Waals surface area contributed by atoms with Crippen LogP contribution < -0.4 is 16.0 Å². The van der Waals surface area contributed by atoms with Crippen molar-refractivity contribution in [1.82, 2.24) is 9.97 Å². The van der Waals surface area contributed by atoms with Crippen LogP contribution in [0.2, 0.25) is 0 Å². The molecule has 0 saturated carbocycles. The smallest absolute Gasteiger partial charge is 0.258 e. The summed E-state index contributed by atoms with van der Waals surface area (Å²) in [5.74, 6) is -0.497. The first-order valence-electron chi connectivity index (χ1n) is 6.02. The minimum atomic E-state index is -0.593. The summed E-state index contributed by atoms with van der Waals surface area (Å²) < 4.78 is 6.18. The number of halogens is 1. The van der Waals surface area contributed by atoms with E-state index in [4.69, 9.17) is 10.5 Å². The lowest BCUT2D eigenvalue weighted by molar-refractivity contribution is 0.375. The van der Waals surface area contributed by atoms with Gasteiger partial charge in [0, 0.05) is 4.47 Å². The van der Waals surface area contributed by atoms with Gasteiger partial charge in [0.2, 0.25) is 11.8 Å². The fourth-order valence-corrected chi connectivity index (χ4v) is 2.55. The summed E-state index contributed by atoms with van der Waals surface area (Å²) in [7, 11) is 0. The van der Waals surface area contributed by atoms with Crippen molar-refractivity contribution in [2.45, 2.75) is 5.92 Å². The van der Waals surface area contributed by atoms with E-state index < -0.39 is 5.92 Å². The minimum absolute atomic E-state index is 0.0315. The van der Waals surface area contributed by atoms with E-state index in [1.165, 1.54) is 6.33 Å². The molecule has 7 heteroatoms. The van der Waals surface area contributed by atoms with Crippen molar-refractivity contribution < 1.29 is 4.74 Å². The normalized spacial score (nSPS) is 16.9. The van der Waals surface area contributed by atoms with Crippen LogP contribution in [-0.4, -0.2) is 9.97 Å². The van der Waals surface area contributed by atoms with E-state index in [2.05, 4.69) is 25.9 Å². The van der Waals surface area contributed by atoms with Gasteiger partial charge in [-0.3, -0.25) is 4.79 Å². The zero-order valence-electron chi connectivity index (χ0n) is 10.6. The predicted molar refractivity (Wildman–Crippen MR) is 78.3 cm³/mol. The molecule has 0 unspecified atom stereocenters. The number of nitrogens with one attached hydrogen (secondary N) is 1. The number of nitrogens with two attached hydrogens (primary N) is 1. The van der Waals surface area contributed by atoms with E-state index in [1.54, 1.807) is 0 Å². The Morgan fingerprint density at radius 1 is 1.38 bits per heavy atom. The van der Waals surface area contributed by atoms with E-state index in [-0.39, 0.29) is 28.5 Å². The van der Waals surface area contributed by atoms with Crippen molar-refractivity contribution >= 4 is 15.9 Å². The van der Waals surface area contributed by atoms with Crippen molar-refractivity contribution in [2.75, 3.05) is 0 Å². The number of aromatic nitrogens is 2. The van der Waals surface area contributed by atoms with Gasteiger partial charge in [0.1, 0.15) is 11.6 Å². The number of aromatic amines is 1. The quantitative estimate of drug-likeness (QED) is 0.819. The van der Waals surface area contributed by atoms with E-state index in [0.717, 1.165) is 10.0 Å². The summed E-state index contributed by atoms with van der Waals surface area (Å²) in [6, 6.07) is 9.33. The number of hydrogen-bond acceptors (Lipinski definition) is 5. The second kappa shape index (κ2) is 5.07. The van der Waals surface area contributed by atoms with E-state index >= 15 is 0 Å². The van der Waals surface area contributed by atoms with Gasteiger partial charge in [-0.2, -0.15) is 5.26 Å². The molecule has 2 aromatic rings. The van der Waals surface area contributed by atoms with Gasteiger partial charge in [-0.05, 0) is 17.7 Å². The molecule has 0 amide bonds. The van der Waals surface area contributed by atoms with E-state index in [1.807, 2.05) is 30.3 Å². The number of rotatable bonds is 1. The zero-order valence-corrected chi connectivity index (χ0v) is 12.2. The Morgan fingerprint density at radius 3 is 2.76 bits per heavy atom. The molecule has 1 aromatic carbocycles. The molecule has 0 aliphatic carbocycles. The average molecular weight is 345 g/mol.